The molecule has 0 atom stereocenters. The average Bonchev–Trinajstić information content (AvgIpc) is 3.01. The van der Waals surface area contributed by atoms with E-state index in [1.54, 1.807) is 6.20 Å². The normalized spacial score (nSPS) is 15.3. The van der Waals surface area contributed by atoms with Crippen molar-refractivity contribution in [1.29, 1.82) is 0 Å². The Morgan fingerprint density at radius 1 is 1.50 bits per heavy atom. The Bertz CT molecular complexity index is 307. The molecule has 0 amide bonds. The zero-order valence-electron chi connectivity index (χ0n) is 9.98. The summed E-state index contributed by atoms with van der Waals surface area (Å²) in [5.74, 6) is 0.886. The van der Waals surface area contributed by atoms with Crippen LogP contribution in [0.3, 0.4) is 0 Å². The third kappa shape index (κ3) is 3.85. The van der Waals surface area contributed by atoms with Crippen molar-refractivity contribution >= 4 is 0 Å². The summed E-state index contributed by atoms with van der Waals surface area (Å²) in [5, 5.41) is 7.66. The molecule has 1 aliphatic carbocycles. The molecular formula is C12H21N3O. The van der Waals surface area contributed by atoms with Crippen LogP contribution in [0.4, 0.5) is 0 Å². The highest BCUT2D eigenvalue weighted by Crippen LogP contribution is 2.18. The molecule has 1 fully saturated rings. The van der Waals surface area contributed by atoms with E-state index in [9.17, 15) is 0 Å². The van der Waals surface area contributed by atoms with Crippen LogP contribution in [-0.4, -0.2) is 29.0 Å². The van der Waals surface area contributed by atoms with Gasteiger partial charge in [-0.2, -0.15) is 5.10 Å². The van der Waals surface area contributed by atoms with Gasteiger partial charge in [-0.05, 0) is 39.2 Å². The van der Waals surface area contributed by atoms with E-state index in [-0.39, 0.29) is 0 Å². The smallest absolute Gasteiger partial charge is 0.157 e. The third-order valence-electron chi connectivity index (χ3n) is 2.78. The molecular weight excluding hydrogens is 202 g/mol. The fourth-order valence-corrected chi connectivity index (χ4v) is 1.60. The van der Waals surface area contributed by atoms with Gasteiger partial charge < -0.3 is 10.1 Å². The number of nitrogens with one attached hydrogen (secondary N) is 1. The quantitative estimate of drug-likeness (QED) is 0.683. The van der Waals surface area contributed by atoms with Crippen LogP contribution in [-0.2, 0) is 6.54 Å². The molecule has 0 radical (unpaired) electrons. The number of hydrogen-bond acceptors (Lipinski definition) is 3. The van der Waals surface area contributed by atoms with Crippen molar-refractivity contribution in [1.82, 2.24) is 15.1 Å². The summed E-state index contributed by atoms with van der Waals surface area (Å²) in [5.41, 5.74) is 0. The zero-order chi connectivity index (χ0) is 11.2. The summed E-state index contributed by atoms with van der Waals surface area (Å²) < 4.78 is 7.48. The average molecular weight is 223 g/mol. The van der Waals surface area contributed by atoms with Gasteiger partial charge in [-0.1, -0.05) is 0 Å². The molecule has 0 bridgehead atoms. The fourth-order valence-electron chi connectivity index (χ4n) is 1.60. The molecule has 1 saturated carbocycles. The molecule has 0 unspecified atom stereocenters. The molecule has 16 heavy (non-hydrogen) atoms. The Morgan fingerprint density at radius 2 is 2.38 bits per heavy atom. The standard InChI is InChI=1S/C12H21N3O/c1-2-15-10-12(9-14-15)16-8-4-3-7-13-11-5-6-11/h9-11,13H,2-8H2,1H3. The first-order valence-electron chi connectivity index (χ1n) is 6.27. The van der Waals surface area contributed by atoms with Crippen LogP contribution in [0.1, 0.15) is 32.6 Å². The minimum Gasteiger partial charge on any atom is -0.490 e. The van der Waals surface area contributed by atoms with Crippen LogP contribution >= 0.6 is 0 Å². The van der Waals surface area contributed by atoms with Crippen LogP contribution < -0.4 is 10.1 Å². The molecule has 0 saturated heterocycles. The van der Waals surface area contributed by atoms with Gasteiger partial charge in [0.15, 0.2) is 5.75 Å². The first-order chi connectivity index (χ1) is 7.88. The number of nitrogens with zero attached hydrogens (tertiary/aromatic N) is 2. The van der Waals surface area contributed by atoms with Gasteiger partial charge in [0.2, 0.25) is 0 Å². The number of ether oxygens (including phenoxy) is 1. The maximum Gasteiger partial charge on any atom is 0.157 e. The van der Waals surface area contributed by atoms with Crippen LogP contribution in [0.25, 0.3) is 0 Å². The monoisotopic (exact) mass is 223 g/mol. The van der Waals surface area contributed by atoms with Crippen LogP contribution in [0.15, 0.2) is 12.4 Å². The highest BCUT2D eigenvalue weighted by Gasteiger charge is 2.19. The van der Waals surface area contributed by atoms with Gasteiger partial charge >= 0.3 is 0 Å². The lowest BCUT2D eigenvalue weighted by molar-refractivity contribution is 0.305. The van der Waals surface area contributed by atoms with Gasteiger partial charge in [-0.15, -0.1) is 0 Å². The number of unbranched alkanes of at least 4 members (excludes halogenated alkanes) is 1. The molecule has 4 nitrogen and oxygen atoms in total. The summed E-state index contributed by atoms with van der Waals surface area (Å²) in [6.07, 6.45) is 8.77. The molecule has 1 N–H and O–H groups in total. The van der Waals surface area contributed by atoms with Gasteiger partial charge in [0.25, 0.3) is 0 Å². The molecule has 1 aromatic rings. The second kappa shape index (κ2) is 5.89. The predicted molar refractivity (Wildman–Crippen MR) is 63.7 cm³/mol. The predicted octanol–water partition coefficient (Wildman–Crippen LogP) is 1.81. The largest absolute Gasteiger partial charge is 0.490 e. The van der Waals surface area contributed by atoms with Crippen molar-refractivity contribution in [3.05, 3.63) is 12.4 Å². The van der Waals surface area contributed by atoms with Crippen LogP contribution in [0.5, 0.6) is 5.75 Å². The van der Waals surface area contributed by atoms with E-state index in [0.717, 1.165) is 37.9 Å². The van der Waals surface area contributed by atoms with Crippen molar-refractivity contribution in [3.63, 3.8) is 0 Å². The molecule has 1 aliphatic rings. The van der Waals surface area contributed by atoms with Gasteiger partial charge in [-0.25, -0.2) is 0 Å². The van der Waals surface area contributed by atoms with E-state index in [1.807, 2.05) is 10.9 Å². The summed E-state index contributed by atoms with van der Waals surface area (Å²) >= 11 is 0. The zero-order valence-corrected chi connectivity index (χ0v) is 9.98. The Kier molecular flexibility index (Phi) is 4.22. The Hall–Kier alpha value is -1.03. The van der Waals surface area contributed by atoms with E-state index >= 15 is 0 Å². The summed E-state index contributed by atoms with van der Waals surface area (Å²) in [6.45, 7) is 4.89. The maximum absolute atomic E-state index is 5.60. The fraction of sp³-hybridized carbons (Fsp3) is 0.750. The third-order valence-corrected chi connectivity index (χ3v) is 2.78. The Balaban J connectivity index is 1.49. The van der Waals surface area contributed by atoms with E-state index in [4.69, 9.17) is 4.74 Å². The Morgan fingerprint density at radius 3 is 3.06 bits per heavy atom. The number of rotatable bonds is 8. The van der Waals surface area contributed by atoms with E-state index < -0.39 is 0 Å². The highest BCUT2D eigenvalue weighted by molar-refractivity contribution is 5.11. The molecule has 0 aromatic carbocycles. The van der Waals surface area contributed by atoms with E-state index in [1.165, 1.54) is 19.3 Å². The maximum atomic E-state index is 5.60. The summed E-state index contributed by atoms with van der Waals surface area (Å²) in [4.78, 5) is 0. The number of aromatic nitrogens is 2. The first kappa shape index (κ1) is 11.5. The topological polar surface area (TPSA) is 39.1 Å². The molecule has 0 spiro atoms. The van der Waals surface area contributed by atoms with Crippen molar-refractivity contribution in [3.8, 4) is 5.75 Å². The SMILES string of the molecule is CCn1cc(OCCCCNC2CC2)cn1. The second-order valence-corrected chi connectivity index (χ2v) is 4.32. The lowest BCUT2D eigenvalue weighted by atomic mass is 10.3. The van der Waals surface area contributed by atoms with Crippen LogP contribution in [0, 0.1) is 0 Å². The van der Waals surface area contributed by atoms with Gasteiger partial charge in [0.1, 0.15) is 0 Å². The minimum absolute atomic E-state index is 0.793. The van der Waals surface area contributed by atoms with Crippen LogP contribution in [0.2, 0.25) is 0 Å². The molecule has 2 rings (SSSR count). The highest BCUT2D eigenvalue weighted by atomic mass is 16.5. The molecule has 1 heterocycles. The summed E-state index contributed by atoms with van der Waals surface area (Å²) in [6, 6.07) is 0.823. The molecule has 0 aliphatic heterocycles. The van der Waals surface area contributed by atoms with E-state index in [0.29, 0.717) is 0 Å². The molecule has 90 valence electrons. The van der Waals surface area contributed by atoms with Gasteiger partial charge in [0.05, 0.1) is 19.0 Å². The van der Waals surface area contributed by atoms with Gasteiger partial charge in [0, 0.05) is 12.6 Å². The Labute approximate surface area is 97.0 Å². The van der Waals surface area contributed by atoms with E-state index in [2.05, 4.69) is 17.3 Å². The molecule has 1 aromatic heterocycles. The second-order valence-electron chi connectivity index (χ2n) is 4.32. The first-order valence-corrected chi connectivity index (χ1v) is 6.27. The number of hydrogen-bond donors (Lipinski definition) is 1. The minimum atomic E-state index is 0.793. The van der Waals surface area contributed by atoms with Gasteiger partial charge in [-0.3, -0.25) is 4.68 Å². The van der Waals surface area contributed by atoms with Crippen molar-refractivity contribution in [2.75, 3.05) is 13.2 Å². The molecule has 4 heteroatoms. The number of aryl methyl sites for hydroxylation is 1. The van der Waals surface area contributed by atoms with Crippen molar-refractivity contribution < 1.29 is 4.74 Å². The lowest BCUT2D eigenvalue weighted by Gasteiger charge is -2.04. The van der Waals surface area contributed by atoms with Crippen molar-refractivity contribution in [2.24, 2.45) is 0 Å². The summed E-state index contributed by atoms with van der Waals surface area (Å²) in [7, 11) is 0. The lowest BCUT2D eigenvalue weighted by Crippen LogP contribution is -2.17. The van der Waals surface area contributed by atoms with Crippen molar-refractivity contribution in [2.45, 2.75) is 45.2 Å².